The van der Waals surface area contributed by atoms with Crippen LogP contribution in [-0.2, 0) is 10.0 Å². The van der Waals surface area contributed by atoms with E-state index >= 15 is 0 Å². The van der Waals surface area contributed by atoms with Crippen LogP contribution in [0, 0.1) is 11.8 Å². The van der Waals surface area contributed by atoms with Crippen molar-refractivity contribution in [2.45, 2.75) is 17.4 Å². The molecule has 1 aliphatic heterocycles. The molecule has 0 bridgehead atoms. The summed E-state index contributed by atoms with van der Waals surface area (Å²) in [6.07, 6.45) is 2.34. The highest BCUT2D eigenvalue weighted by Crippen LogP contribution is 2.25. The van der Waals surface area contributed by atoms with Gasteiger partial charge in [-0.05, 0) is 31.0 Å². The minimum absolute atomic E-state index is 0.0514. The summed E-state index contributed by atoms with van der Waals surface area (Å²) in [6.45, 7) is 1.66. The number of benzene rings is 1. The largest absolute Gasteiger partial charge is 0.383 e. The number of hydrogen-bond acceptors (Lipinski definition) is 7. The minimum Gasteiger partial charge on any atom is -0.383 e. The third-order valence-electron chi connectivity index (χ3n) is 4.51. The smallest absolute Gasteiger partial charge is 0.241 e. The van der Waals surface area contributed by atoms with Gasteiger partial charge in [0.25, 0.3) is 0 Å². The second kappa shape index (κ2) is 7.55. The zero-order chi connectivity index (χ0) is 19.6. The molecule has 0 spiro atoms. The van der Waals surface area contributed by atoms with Crippen LogP contribution >= 0.6 is 0 Å². The van der Waals surface area contributed by atoms with Gasteiger partial charge >= 0.3 is 0 Å². The molecule has 10 heteroatoms. The van der Waals surface area contributed by atoms with Gasteiger partial charge in [-0.1, -0.05) is 24.1 Å². The number of rotatable bonds is 4. The van der Waals surface area contributed by atoms with Crippen LogP contribution in [0.5, 0.6) is 0 Å². The first-order valence-corrected chi connectivity index (χ1v) is 10.3. The summed E-state index contributed by atoms with van der Waals surface area (Å²) < 4.78 is 28.8. The van der Waals surface area contributed by atoms with Gasteiger partial charge in [-0.3, -0.25) is 0 Å². The van der Waals surface area contributed by atoms with Crippen molar-refractivity contribution < 1.29 is 8.42 Å². The summed E-state index contributed by atoms with van der Waals surface area (Å²) >= 11 is 0. The summed E-state index contributed by atoms with van der Waals surface area (Å²) in [5.41, 5.74) is 7.10. The van der Waals surface area contributed by atoms with Crippen LogP contribution in [0.2, 0.25) is 0 Å². The number of aromatic nitrogens is 4. The van der Waals surface area contributed by atoms with Gasteiger partial charge in [0.05, 0.1) is 22.9 Å². The molecule has 1 aromatic carbocycles. The van der Waals surface area contributed by atoms with Crippen molar-refractivity contribution in [2.24, 2.45) is 0 Å². The molecule has 3 aromatic rings. The third kappa shape index (κ3) is 3.55. The monoisotopic (exact) mass is 397 g/mol. The average molecular weight is 397 g/mol. The Labute approximate surface area is 162 Å². The van der Waals surface area contributed by atoms with Crippen molar-refractivity contribution in [3.8, 4) is 11.8 Å². The van der Waals surface area contributed by atoms with E-state index in [2.05, 4.69) is 36.9 Å². The highest BCUT2D eigenvalue weighted by atomic mass is 32.2. The van der Waals surface area contributed by atoms with Crippen LogP contribution in [0.4, 0.5) is 5.82 Å². The van der Waals surface area contributed by atoms with E-state index in [1.54, 1.807) is 18.2 Å². The lowest BCUT2D eigenvalue weighted by Crippen LogP contribution is -2.23. The van der Waals surface area contributed by atoms with Crippen molar-refractivity contribution in [1.82, 2.24) is 29.8 Å². The van der Waals surface area contributed by atoms with E-state index in [9.17, 15) is 8.42 Å². The van der Waals surface area contributed by atoms with E-state index in [1.165, 1.54) is 18.5 Å². The fourth-order valence-corrected chi connectivity index (χ4v) is 4.07. The maximum atomic E-state index is 12.2. The molecular weight excluding hydrogens is 378 g/mol. The SMILES string of the molecule is Nc1ncnc2c1c(C#CCNS(=O)(=O)c1ccccc1)nn2C1CCNC1. The topological polar surface area (TPSA) is 128 Å². The van der Waals surface area contributed by atoms with Crippen molar-refractivity contribution in [3.63, 3.8) is 0 Å². The molecule has 0 saturated carbocycles. The normalized spacial score (nSPS) is 16.8. The van der Waals surface area contributed by atoms with Gasteiger partial charge in [0.1, 0.15) is 17.8 Å². The Bertz CT molecular complexity index is 1160. The summed E-state index contributed by atoms with van der Waals surface area (Å²) in [5, 5.41) is 8.45. The molecule has 4 rings (SSSR count). The zero-order valence-corrected chi connectivity index (χ0v) is 15.8. The number of sulfonamides is 1. The quantitative estimate of drug-likeness (QED) is 0.539. The lowest BCUT2D eigenvalue weighted by Gasteiger charge is -2.09. The zero-order valence-electron chi connectivity index (χ0n) is 15.0. The number of hydrogen-bond donors (Lipinski definition) is 3. The van der Waals surface area contributed by atoms with Crippen LogP contribution in [0.15, 0.2) is 41.6 Å². The third-order valence-corrected chi connectivity index (χ3v) is 5.93. The molecule has 1 atom stereocenters. The Morgan fingerprint density at radius 2 is 2.11 bits per heavy atom. The first-order valence-electron chi connectivity index (χ1n) is 8.79. The molecule has 0 aliphatic carbocycles. The fourth-order valence-electron chi connectivity index (χ4n) is 3.13. The van der Waals surface area contributed by atoms with Crippen molar-refractivity contribution in [3.05, 3.63) is 42.4 Å². The number of fused-ring (bicyclic) bond motifs is 1. The number of nitrogens with zero attached hydrogens (tertiary/aromatic N) is 4. The molecule has 1 saturated heterocycles. The standard InChI is InChI=1S/C18H19N7O2S/c19-17-16-15(7-4-9-23-28(26,27)14-5-2-1-3-6-14)24-25(13-8-10-20-11-13)18(16)22-12-21-17/h1-3,5-6,12-13,20,23H,8-11H2,(H2,19,21,22). The minimum atomic E-state index is -3.61. The molecule has 2 aromatic heterocycles. The van der Waals surface area contributed by atoms with E-state index in [0.29, 0.717) is 22.5 Å². The Balaban J connectivity index is 1.59. The van der Waals surface area contributed by atoms with E-state index in [1.807, 2.05) is 4.68 Å². The lowest BCUT2D eigenvalue weighted by atomic mass is 10.2. The number of nitrogen functional groups attached to an aromatic ring is 1. The molecule has 1 unspecified atom stereocenters. The fraction of sp³-hybridized carbons (Fsp3) is 0.278. The number of nitrogens with two attached hydrogens (primary N) is 1. The van der Waals surface area contributed by atoms with Crippen molar-refractivity contribution >= 4 is 26.9 Å². The second-order valence-electron chi connectivity index (χ2n) is 6.34. The van der Waals surface area contributed by atoms with Crippen molar-refractivity contribution in [2.75, 3.05) is 25.4 Å². The second-order valence-corrected chi connectivity index (χ2v) is 8.10. The van der Waals surface area contributed by atoms with Crippen LogP contribution < -0.4 is 15.8 Å². The molecule has 28 heavy (non-hydrogen) atoms. The molecular formula is C18H19N7O2S. The highest BCUT2D eigenvalue weighted by Gasteiger charge is 2.23. The molecule has 1 fully saturated rings. The molecule has 1 aliphatic rings. The van der Waals surface area contributed by atoms with Crippen LogP contribution in [0.25, 0.3) is 11.0 Å². The maximum Gasteiger partial charge on any atom is 0.241 e. The number of anilines is 1. The Morgan fingerprint density at radius 3 is 2.86 bits per heavy atom. The molecule has 9 nitrogen and oxygen atoms in total. The maximum absolute atomic E-state index is 12.2. The van der Waals surface area contributed by atoms with Gasteiger partial charge in [0.2, 0.25) is 10.0 Å². The molecule has 0 radical (unpaired) electrons. The summed E-state index contributed by atoms with van der Waals surface area (Å²) in [4.78, 5) is 8.54. The van der Waals surface area contributed by atoms with E-state index in [-0.39, 0.29) is 17.5 Å². The van der Waals surface area contributed by atoms with Crippen LogP contribution in [0.3, 0.4) is 0 Å². The Morgan fingerprint density at radius 1 is 1.29 bits per heavy atom. The Kier molecular flexibility index (Phi) is 4.95. The van der Waals surface area contributed by atoms with E-state index < -0.39 is 10.0 Å². The average Bonchev–Trinajstić information content (AvgIpc) is 3.34. The van der Waals surface area contributed by atoms with Gasteiger partial charge < -0.3 is 11.1 Å². The predicted molar refractivity (Wildman–Crippen MR) is 105 cm³/mol. The predicted octanol–water partition coefficient (Wildman–Crippen LogP) is 0.273. The molecule has 4 N–H and O–H groups in total. The van der Waals surface area contributed by atoms with E-state index in [4.69, 9.17) is 5.73 Å². The first kappa shape index (κ1) is 18.4. The van der Waals surface area contributed by atoms with Crippen LogP contribution in [-0.4, -0.2) is 47.8 Å². The Hall–Kier alpha value is -3.00. The number of nitrogens with one attached hydrogen (secondary N) is 2. The summed E-state index contributed by atoms with van der Waals surface area (Å²) in [6, 6.07) is 8.31. The van der Waals surface area contributed by atoms with Gasteiger partial charge in [0, 0.05) is 6.54 Å². The van der Waals surface area contributed by atoms with Crippen LogP contribution in [0.1, 0.15) is 18.2 Å². The first-order chi connectivity index (χ1) is 13.6. The molecule has 0 amide bonds. The van der Waals surface area contributed by atoms with Gasteiger partial charge in [0.15, 0.2) is 5.65 Å². The highest BCUT2D eigenvalue weighted by molar-refractivity contribution is 7.89. The lowest BCUT2D eigenvalue weighted by molar-refractivity contribution is 0.502. The van der Waals surface area contributed by atoms with Gasteiger partial charge in [-0.15, -0.1) is 0 Å². The van der Waals surface area contributed by atoms with E-state index in [0.717, 1.165) is 19.5 Å². The summed E-state index contributed by atoms with van der Waals surface area (Å²) in [5.74, 6) is 6.02. The molecule has 144 valence electrons. The van der Waals surface area contributed by atoms with Gasteiger partial charge in [-0.25, -0.2) is 23.1 Å². The van der Waals surface area contributed by atoms with Gasteiger partial charge in [-0.2, -0.15) is 9.82 Å². The summed E-state index contributed by atoms with van der Waals surface area (Å²) in [7, 11) is -3.61. The molecule has 3 heterocycles. The van der Waals surface area contributed by atoms with Crippen molar-refractivity contribution in [1.29, 1.82) is 0 Å².